The molecular formula is C21H22ClN3O2. The summed E-state index contributed by atoms with van der Waals surface area (Å²) in [5, 5.41) is 8.94. The Morgan fingerprint density at radius 3 is 2.37 bits per heavy atom. The zero-order valence-corrected chi connectivity index (χ0v) is 16.3. The second kappa shape index (κ2) is 7.92. The molecule has 0 bridgehead atoms. The van der Waals surface area contributed by atoms with Crippen molar-refractivity contribution in [3.05, 3.63) is 75.2 Å². The van der Waals surface area contributed by atoms with Crippen LogP contribution in [0.4, 0.5) is 0 Å². The summed E-state index contributed by atoms with van der Waals surface area (Å²) >= 11 is 6.23. The van der Waals surface area contributed by atoms with Crippen LogP contribution in [0.1, 0.15) is 42.9 Å². The van der Waals surface area contributed by atoms with Crippen LogP contribution in [0.25, 0.3) is 10.8 Å². The number of carbonyl (C=O) groups excluding carboxylic acids is 1. The minimum Gasteiger partial charge on any atom is -0.344 e. The summed E-state index contributed by atoms with van der Waals surface area (Å²) in [4.78, 5) is 25.6. The molecule has 1 N–H and O–H groups in total. The van der Waals surface area contributed by atoms with E-state index in [4.69, 9.17) is 11.6 Å². The van der Waals surface area contributed by atoms with E-state index in [0.29, 0.717) is 22.3 Å². The maximum absolute atomic E-state index is 13.0. The molecular weight excluding hydrogens is 362 g/mol. The van der Waals surface area contributed by atoms with Crippen molar-refractivity contribution >= 4 is 28.3 Å². The van der Waals surface area contributed by atoms with Crippen LogP contribution in [0.15, 0.2) is 53.3 Å². The summed E-state index contributed by atoms with van der Waals surface area (Å²) in [7, 11) is 0. The summed E-state index contributed by atoms with van der Waals surface area (Å²) in [6, 6.07) is 14.1. The van der Waals surface area contributed by atoms with Gasteiger partial charge in [0.2, 0.25) is 0 Å². The fourth-order valence-electron chi connectivity index (χ4n) is 3.04. The zero-order valence-electron chi connectivity index (χ0n) is 15.6. The molecule has 1 aromatic heterocycles. The predicted molar refractivity (Wildman–Crippen MR) is 108 cm³/mol. The predicted octanol–water partition coefficient (Wildman–Crippen LogP) is 4.20. The summed E-state index contributed by atoms with van der Waals surface area (Å²) in [5.41, 5.74) is 0.882. The Bertz CT molecular complexity index is 1040. The molecule has 1 heterocycles. The fraction of sp³-hybridized carbons (Fsp3) is 0.286. The first-order valence-corrected chi connectivity index (χ1v) is 9.31. The third-order valence-corrected chi connectivity index (χ3v) is 4.68. The van der Waals surface area contributed by atoms with Gasteiger partial charge in [-0.1, -0.05) is 61.8 Å². The minimum absolute atomic E-state index is 0.185. The topological polar surface area (TPSA) is 64.0 Å². The second-order valence-corrected chi connectivity index (χ2v) is 7.40. The highest BCUT2D eigenvalue weighted by atomic mass is 35.5. The number of hydrogen-bond acceptors (Lipinski definition) is 3. The Hall–Kier alpha value is -2.66. The van der Waals surface area contributed by atoms with Crippen molar-refractivity contribution in [1.82, 2.24) is 15.1 Å². The number of aromatic nitrogens is 2. The van der Waals surface area contributed by atoms with Gasteiger partial charge in [0.25, 0.3) is 11.5 Å². The first-order valence-electron chi connectivity index (χ1n) is 8.93. The number of carbonyl (C=O) groups is 1. The zero-order chi connectivity index (χ0) is 19.6. The lowest BCUT2D eigenvalue weighted by Gasteiger charge is -2.17. The van der Waals surface area contributed by atoms with Crippen LogP contribution in [-0.2, 0) is 6.54 Å². The minimum atomic E-state index is -0.337. The number of fused-ring (bicyclic) bond motifs is 1. The Labute approximate surface area is 163 Å². The molecule has 0 saturated carbocycles. The van der Waals surface area contributed by atoms with E-state index in [1.807, 2.05) is 39.0 Å². The van der Waals surface area contributed by atoms with E-state index < -0.39 is 0 Å². The molecule has 1 atom stereocenters. The van der Waals surface area contributed by atoms with Gasteiger partial charge in [-0.05, 0) is 30.5 Å². The highest BCUT2D eigenvalue weighted by molar-refractivity contribution is 6.31. The van der Waals surface area contributed by atoms with Crippen molar-refractivity contribution in [2.75, 3.05) is 0 Å². The molecule has 140 valence electrons. The monoisotopic (exact) mass is 383 g/mol. The van der Waals surface area contributed by atoms with Gasteiger partial charge in [-0.2, -0.15) is 5.10 Å². The lowest BCUT2D eigenvalue weighted by Crippen LogP contribution is -2.32. The number of rotatable bonds is 5. The van der Waals surface area contributed by atoms with Gasteiger partial charge in [0.05, 0.1) is 11.4 Å². The van der Waals surface area contributed by atoms with Crippen molar-refractivity contribution in [3.63, 3.8) is 0 Å². The molecule has 1 unspecified atom stereocenters. The smallest absolute Gasteiger partial charge is 0.274 e. The summed E-state index contributed by atoms with van der Waals surface area (Å²) < 4.78 is 1.38. The summed E-state index contributed by atoms with van der Waals surface area (Å²) in [6.45, 7) is 6.32. The average Bonchev–Trinajstić information content (AvgIpc) is 2.64. The van der Waals surface area contributed by atoms with Crippen LogP contribution in [0.2, 0.25) is 5.02 Å². The van der Waals surface area contributed by atoms with Crippen molar-refractivity contribution in [1.29, 1.82) is 0 Å². The largest absolute Gasteiger partial charge is 0.344 e. The molecule has 27 heavy (non-hydrogen) atoms. The van der Waals surface area contributed by atoms with E-state index in [0.717, 1.165) is 5.56 Å². The third-order valence-electron chi connectivity index (χ3n) is 4.34. The molecule has 2 aromatic carbocycles. The maximum Gasteiger partial charge on any atom is 0.274 e. The Morgan fingerprint density at radius 2 is 1.70 bits per heavy atom. The number of nitrogens with zero attached hydrogens (tertiary/aromatic N) is 2. The molecule has 6 heteroatoms. The molecule has 0 aliphatic heterocycles. The first kappa shape index (κ1) is 19.1. The summed E-state index contributed by atoms with van der Waals surface area (Å²) in [5.74, 6) is -0.106. The van der Waals surface area contributed by atoms with Gasteiger partial charge in [-0.15, -0.1) is 0 Å². The van der Waals surface area contributed by atoms with Crippen LogP contribution in [0, 0.1) is 5.92 Å². The lowest BCUT2D eigenvalue weighted by molar-refractivity contribution is 0.0934. The lowest BCUT2D eigenvalue weighted by atomic mass is 10.1. The van der Waals surface area contributed by atoms with Crippen molar-refractivity contribution in [3.8, 4) is 0 Å². The number of amides is 1. The van der Waals surface area contributed by atoms with Gasteiger partial charge in [0, 0.05) is 17.0 Å². The molecule has 0 radical (unpaired) electrons. The van der Waals surface area contributed by atoms with Crippen LogP contribution in [-0.4, -0.2) is 15.7 Å². The second-order valence-electron chi connectivity index (χ2n) is 6.99. The van der Waals surface area contributed by atoms with E-state index in [1.165, 1.54) is 4.68 Å². The fourth-order valence-corrected chi connectivity index (χ4v) is 3.34. The number of nitrogens with one attached hydrogen (secondary N) is 1. The maximum atomic E-state index is 13.0. The van der Waals surface area contributed by atoms with E-state index >= 15 is 0 Å². The van der Waals surface area contributed by atoms with Gasteiger partial charge >= 0.3 is 0 Å². The van der Waals surface area contributed by atoms with Crippen LogP contribution in [0.3, 0.4) is 0 Å². The van der Waals surface area contributed by atoms with Gasteiger partial charge in [0.1, 0.15) is 0 Å². The molecule has 3 aromatic rings. The SMILES string of the molecule is CC(C)Cn1nc(C(=O)NC(C)c2ccccc2Cl)c2ccccc2c1=O. The van der Waals surface area contributed by atoms with Gasteiger partial charge in [-0.25, -0.2) is 4.68 Å². The molecule has 3 rings (SSSR count). The molecule has 0 saturated heterocycles. The van der Waals surface area contributed by atoms with Crippen molar-refractivity contribution < 1.29 is 4.79 Å². The van der Waals surface area contributed by atoms with Gasteiger partial charge in [0.15, 0.2) is 5.69 Å². The number of hydrogen-bond donors (Lipinski definition) is 1. The Morgan fingerprint density at radius 1 is 1.07 bits per heavy atom. The quantitative estimate of drug-likeness (QED) is 0.718. The molecule has 0 aliphatic carbocycles. The normalized spacial score (nSPS) is 12.3. The molecule has 0 fully saturated rings. The van der Waals surface area contributed by atoms with Gasteiger partial charge in [-0.3, -0.25) is 9.59 Å². The summed E-state index contributed by atoms with van der Waals surface area (Å²) in [6.07, 6.45) is 0. The Kier molecular flexibility index (Phi) is 5.61. The molecule has 0 spiro atoms. The van der Waals surface area contributed by atoms with Crippen LogP contribution in [0.5, 0.6) is 0 Å². The number of halogens is 1. The van der Waals surface area contributed by atoms with E-state index in [1.54, 1.807) is 30.3 Å². The highest BCUT2D eigenvalue weighted by Gasteiger charge is 2.20. The van der Waals surface area contributed by atoms with Crippen LogP contribution >= 0.6 is 11.6 Å². The van der Waals surface area contributed by atoms with E-state index in [-0.39, 0.29) is 29.1 Å². The molecule has 1 amide bonds. The number of benzene rings is 2. The molecule has 0 aliphatic rings. The average molecular weight is 384 g/mol. The highest BCUT2D eigenvalue weighted by Crippen LogP contribution is 2.23. The van der Waals surface area contributed by atoms with Crippen LogP contribution < -0.4 is 10.9 Å². The first-order chi connectivity index (χ1) is 12.9. The van der Waals surface area contributed by atoms with Gasteiger partial charge < -0.3 is 5.32 Å². The third kappa shape index (κ3) is 4.03. The van der Waals surface area contributed by atoms with Crippen molar-refractivity contribution in [2.24, 2.45) is 5.92 Å². The van der Waals surface area contributed by atoms with E-state index in [2.05, 4.69) is 10.4 Å². The Balaban J connectivity index is 2.02. The van der Waals surface area contributed by atoms with Crippen molar-refractivity contribution in [2.45, 2.75) is 33.4 Å². The standard InChI is InChI=1S/C21H22ClN3O2/c1-13(2)12-25-21(27)17-10-5-4-9-16(17)19(24-25)20(26)23-14(3)15-8-6-7-11-18(15)22/h4-11,13-14H,12H2,1-3H3,(H,23,26). The van der Waals surface area contributed by atoms with E-state index in [9.17, 15) is 9.59 Å². The molecule has 5 nitrogen and oxygen atoms in total.